The predicted molar refractivity (Wildman–Crippen MR) is 107 cm³/mol. The minimum atomic E-state index is -3.68. The van der Waals surface area contributed by atoms with E-state index in [9.17, 15) is 8.42 Å². The largest absolute Gasteiger partial charge is 0.493 e. The molecular weight excluding hydrogens is 382 g/mol. The van der Waals surface area contributed by atoms with Crippen LogP contribution in [0.3, 0.4) is 0 Å². The van der Waals surface area contributed by atoms with Gasteiger partial charge in [-0.25, -0.2) is 18.5 Å². The van der Waals surface area contributed by atoms with Gasteiger partial charge in [-0.3, -0.25) is 4.57 Å². The Morgan fingerprint density at radius 2 is 1.89 bits per heavy atom. The molecule has 0 amide bonds. The van der Waals surface area contributed by atoms with Gasteiger partial charge in [-0.05, 0) is 55.3 Å². The van der Waals surface area contributed by atoms with Crippen LogP contribution in [0.1, 0.15) is 11.1 Å². The zero-order chi connectivity index (χ0) is 19.4. The molecule has 27 heavy (non-hydrogen) atoms. The lowest BCUT2D eigenvalue weighted by Crippen LogP contribution is -2.11. The van der Waals surface area contributed by atoms with Crippen molar-refractivity contribution in [1.29, 1.82) is 0 Å². The Balaban J connectivity index is 1.59. The van der Waals surface area contributed by atoms with Crippen LogP contribution in [0.4, 0.5) is 0 Å². The summed E-state index contributed by atoms with van der Waals surface area (Å²) < 4.78 is 30.3. The van der Waals surface area contributed by atoms with Gasteiger partial charge in [0.15, 0.2) is 5.16 Å². The number of aryl methyl sites for hydroxylation is 2. The van der Waals surface area contributed by atoms with Gasteiger partial charge in [0.1, 0.15) is 5.75 Å². The molecule has 3 aromatic rings. The number of aromatic nitrogens is 2. The number of rotatable bonds is 7. The Morgan fingerprint density at radius 3 is 2.59 bits per heavy atom. The fourth-order valence-corrected chi connectivity index (χ4v) is 3.88. The second-order valence-electron chi connectivity index (χ2n) is 6.08. The highest BCUT2D eigenvalue weighted by Crippen LogP contribution is 2.24. The number of primary sulfonamides is 1. The zero-order valence-electron chi connectivity index (χ0n) is 15.1. The summed E-state index contributed by atoms with van der Waals surface area (Å²) in [6.07, 6.45) is 3.74. The van der Waals surface area contributed by atoms with Crippen molar-refractivity contribution in [3.05, 3.63) is 66.0 Å². The first-order valence-electron chi connectivity index (χ1n) is 8.34. The third-order valence-corrected chi connectivity index (χ3v) is 5.83. The molecule has 0 bridgehead atoms. The zero-order valence-corrected chi connectivity index (χ0v) is 16.8. The van der Waals surface area contributed by atoms with Gasteiger partial charge in [-0.1, -0.05) is 23.9 Å². The molecule has 3 rings (SSSR count). The average Bonchev–Trinajstić information content (AvgIpc) is 3.09. The maximum Gasteiger partial charge on any atom is 0.238 e. The summed E-state index contributed by atoms with van der Waals surface area (Å²) in [5.41, 5.74) is 3.51. The first-order chi connectivity index (χ1) is 12.8. The quantitative estimate of drug-likeness (QED) is 0.483. The van der Waals surface area contributed by atoms with E-state index >= 15 is 0 Å². The highest BCUT2D eigenvalue weighted by molar-refractivity contribution is 7.99. The Morgan fingerprint density at radius 1 is 1.15 bits per heavy atom. The van der Waals surface area contributed by atoms with E-state index in [1.54, 1.807) is 30.1 Å². The maximum absolute atomic E-state index is 11.3. The second kappa shape index (κ2) is 8.16. The van der Waals surface area contributed by atoms with Crippen molar-refractivity contribution in [2.45, 2.75) is 23.9 Å². The summed E-state index contributed by atoms with van der Waals surface area (Å²) in [4.78, 5) is 4.51. The number of ether oxygens (including phenoxy) is 1. The van der Waals surface area contributed by atoms with Gasteiger partial charge >= 0.3 is 0 Å². The van der Waals surface area contributed by atoms with Gasteiger partial charge in [0.25, 0.3) is 0 Å². The molecule has 8 heteroatoms. The lowest BCUT2D eigenvalue weighted by atomic mass is 10.1. The van der Waals surface area contributed by atoms with Crippen molar-refractivity contribution < 1.29 is 13.2 Å². The Labute approximate surface area is 163 Å². The number of nitrogens with two attached hydrogens (primary N) is 1. The molecule has 0 saturated heterocycles. The highest BCUT2D eigenvalue weighted by atomic mass is 32.2. The van der Waals surface area contributed by atoms with E-state index in [1.807, 2.05) is 6.20 Å². The summed E-state index contributed by atoms with van der Waals surface area (Å²) in [6.45, 7) is 4.62. The minimum Gasteiger partial charge on any atom is -0.493 e. The SMILES string of the molecule is Cc1ccc(C)c(-n2ccnc2SCCOc2ccc(S(N)(=O)=O)cc2)c1. The molecule has 1 aromatic heterocycles. The number of imidazole rings is 1. The van der Waals surface area contributed by atoms with Gasteiger partial charge in [0.2, 0.25) is 10.0 Å². The van der Waals surface area contributed by atoms with Gasteiger partial charge in [0, 0.05) is 18.1 Å². The number of thioether (sulfide) groups is 1. The molecule has 0 radical (unpaired) electrons. The molecular formula is C19H21N3O3S2. The summed E-state index contributed by atoms with van der Waals surface area (Å²) in [5.74, 6) is 1.31. The number of sulfonamides is 1. The Kier molecular flexibility index (Phi) is 5.88. The fraction of sp³-hybridized carbons (Fsp3) is 0.211. The summed E-state index contributed by atoms with van der Waals surface area (Å²) in [7, 11) is -3.68. The monoisotopic (exact) mass is 403 g/mol. The molecule has 0 atom stereocenters. The first kappa shape index (κ1) is 19.5. The van der Waals surface area contributed by atoms with Crippen LogP contribution in [0.25, 0.3) is 5.69 Å². The van der Waals surface area contributed by atoms with Gasteiger partial charge < -0.3 is 4.74 Å². The third-order valence-electron chi connectivity index (χ3n) is 3.97. The van der Waals surface area contributed by atoms with Crippen molar-refractivity contribution in [2.24, 2.45) is 5.14 Å². The van der Waals surface area contributed by atoms with E-state index < -0.39 is 10.0 Å². The molecule has 0 aliphatic heterocycles. The van der Waals surface area contributed by atoms with Crippen LogP contribution in [0, 0.1) is 13.8 Å². The lowest BCUT2D eigenvalue weighted by molar-refractivity contribution is 0.343. The third kappa shape index (κ3) is 4.91. The summed E-state index contributed by atoms with van der Waals surface area (Å²) in [5, 5.41) is 5.98. The molecule has 2 aromatic carbocycles. The standard InChI is InChI=1S/C19H21N3O3S2/c1-14-3-4-15(2)18(13-14)22-10-9-21-19(22)26-12-11-25-16-5-7-17(8-6-16)27(20,23)24/h3-10,13H,11-12H2,1-2H3,(H2,20,23,24). The normalized spacial score (nSPS) is 11.5. The number of hydrogen-bond acceptors (Lipinski definition) is 5. The van der Waals surface area contributed by atoms with Crippen molar-refractivity contribution >= 4 is 21.8 Å². The van der Waals surface area contributed by atoms with Gasteiger partial charge in [-0.15, -0.1) is 0 Å². The molecule has 0 fully saturated rings. The van der Waals surface area contributed by atoms with Crippen LogP contribution in [-0.2, 0) is 10.0 Å². The van der Waals surface area contributed by atoms with Gasteiger partial charge in [-0.2, -0.15) is 0 Å². The molecule has 0 spiro atoms. The van der Waals surface area contributed by atoms with Crippen molar-refractivity contribution in [1.82, 2.24) is 9.55 Å². The Hall–Kier alpha value is -2.29. The number of hydrogen-bond donors (Lipinski definition) is 1. The maximum atomic E-state index is 11.3. The number of benzene rings is 2. The molecule has 6 nitrogen and oxygen atoms in total. The molecule has 0 aliphatic rings. The van der Waals surface area contributed by atoms with Crippen molar-refractivity contribution in [2.75, 3.05) is 12.4 Å². The van der Waals surface area contributed by atoms with Crippen LogP contribution in [0.2, 0.25) is 0 Å². The van der Waals surface area contributed by atoms with Crippen LogP contribution in [-0.4, -0.2) is 30.3 Å². The van der Waals surface area contributed by atoms with E-state index in [1.165, 1.54) is 23.3 Å². The van der Waals surface area contributed by atoms with E-state index in [0.29, 0.717) is 18.1 Å². The smallest absolute Gasteiger partial charge is 0.238 e. The summed E-state index contributed by atoms with van der Waals surface area (Å²) >= 11 is 1.60. The van der Waals surface area contributed by atoms with Crippen LogP contribution < -0.4 is 9.88 Å². The van der Waals surface area contributed by atoms with Crippen LogP contribution in [0.5, 0.6) is 5.75 Å². The molecule has 0 unspecified atom stereocenters. The second-order valence-corrected chi connectivity index (χ2v) is 8.71. The molecule has 142 valence electrons. The lowest BCUT2D eigenvalue weighted by Gasteiger charge is -2.12. The summed E-state index contributed by atoms with van der Waals surface area (Å²) in [6, 6.07) is 12.4. The van der Waals surface area contributed by atoms with Crippen molar-refractivity contribution in [3.63, 3.8) is 0 Å². The van der Waals surface area contributed by atoms with E-state index in [2.05, 4.69) is 41.6 Å². The molecule has 0 aliphatic carbocycles. The average molecular weight is 404 g/mol. The van der Waals surface area contributed by atoms with Crippen molar-refractivity contribution in [3.8, 4) is 11.4 Å². The number of nitrogens with zero attached hydrogens (tertiary/aromatic N) is 2. The molecule has 2 N–H and O–H groups in total. The predicted octanol–water partition coefficient (Wildman–Crippen LogP) is 3.31. The topological polar surface area (TPSA) is 87.2 Å². The highest BCUT2D eigenvalue weighted by Gasteiger charge is 2.09. The van der Waals surface area contributed by atoms with Crippen LogP contribution >= 0.6 is 11.8 Å². The molecule has 1 heterocycles. The van der Waals surface area contributed by atoms with Gasteiger partial charge in [0.05, 0.1) is 17.2 Å². The molecule has 0 saturated carbocycles. The first-order valence-corrected chi connectivity index (χ1v) is 10.9. The van der Waals surface area contributed by atoms with E-state index in [-0.39, 0.29) is 4.90 Å². The van der Waals surface area contributed by atoms with E-state index in [4.69, 9.17) is 9.88 Å². The Bertz CT molecular complexity index is 1030. The van der Waals surface area contributed by atoms with E-state index in [0.717, 1.165) is 10.8 Å². The fourth-order valence-electron chi connectivity index (χ4n) is 2.58. The van der Waals surface area contributed by atoms with Crippen LogP contribution in [0.15, 0.2) is 64.9 Å². The minimum absolute atomic E-state index is 0.0692.